The fraction of sp³-hybridized carbons (Fsp3) is 0.0769. The predicted octanol–water partition coefficient (Wildman–Crippen LogP) is 2.78. The van der Waals surface area contributed by atoms with Crippen LogP contribution in [-0.2, 0) is 0 Å². The Hall–Kier alpha value is -2.23. The van der Waals surface area contributed by atoms with Crippen molar-refractivity contribution in [2.45, 2.75) is 6.92 Å². The van der Waals surface area contributed by atoms with Crippen LogP contribution in [0.3, 0.4) is 0 Å². The van der Waals surface area contributed by atoms with Crippen molar-refractivity contribution in [2.75, 3.05) is 5.32 Å². The average Bonchev–Trinajstić information content (AvgIpc) is 2.32. The molecule has 1 aromatic carbocycles. The highest BCUT2D eigenvalue weighted by Crippen LogP contribution is 2.14. The molecular weight excluding hydrogens is 219 g/mol. The second kappa shape index (κ2) is 4.74. The maximum Gasteiger partial charge on any atom is 0.257 e. The highest BCUT2D eigenvalue weighted by Gasteiger charge is 2.10. The molecule has 0 saturated carbocycles. The Morgan fingerprint density at radius 1 is 1.29 bits per heavy atom. The minimum absolute atomic E-state index is 0.167. The fourth-order valence-corrected chi connectivity index (χ4v) is 1.45. The molecule has 0 unspecified atom stereocenters. The molecule has 1 amide bonds. The largest absolute Gasteiger partial charge is 0.319 e. The van der Waals surface area contributed by atoms with Gasteiger partial charge < -0.3 is 5.32 Å². The number of para-hydroxylation sites is 1. The SMILES string of the molecule is Cc1ccncc1C(=O)Nc1ccccc1F. The van der Waals surface area contributed by atoms with Crippen LogP contribution in [-0.4, -0.2) is 10.9 Å². The van der Waals surface area contributed by atoms with Crippen molar-refractivity contribution in [3.63, 3.8) is 0 Å². The van der Waals surface area contributed by atoms with Gasteiger partial charge in [-0.05, 0) is 30.7 Å². The average molecular weight is 230 g/mol. The molecule has 1 aromatic heterocycles. The van der Waals surface area contributed by atoms with Gasteiger partial charge in [-0.3, -0.25) is 9.78 Å². The number of rotatable bonds is 2. The predicted molar refractivity (Wildman–Crippen MR) is 63.3 cm³/mol. The molecule has 86 valence electrons. The summed E-state index contributed by atoms with van der Waals surface area (Å²) >= 11 is 0. The van der Waals surface area contributed by atoms with Gasteiger partial charge in [0, 0.05) is 12.4 Å². The molecule has 1 heterocycles. The third kappa shape index (κ3) is 2.47. The number of carbonyl (C=O) groups excluding carboxylic acids is 1. The van der Waals surface area contributed by atoms with Crippen LogP contribution >= 0.6 is 0 Å². The number of anilines is 1. The first-order valence-electron chi connectivity index (χ1n) is 5.15. The lowest BCUT2D eigenvalue weighted by atomic mass is 10.1. The summed E-state index contributed by atoms with van der Waals surface area (Å²) in [5.41, 5.74) is 1.41. The Balaban J connectivity index is 2.24. The van der Waals surface area contributed by atoms with E-state index in [9.17, 15) is 9.18 Å². The molecule has 2 rings (SSSR count). The lowest BCUT2D eigenvalue weighted by molar-refractivity contribution is 0.102. The lowest BCUT2D eigenvalue weighted by Crippen LogP contribution is -2.14. The monoisotopic (exact) mass is 230 g/mol. The number of hydrogen-bond acceptors (Lipinski definition) is 2. The van der Waals surface area contributed by atoms with Crippen molar-refractivity contribution >= 4 is 11.6 Å². The van der Waals surface area contributed by atoms with Crippen LogP contribution in [0.4, 0.5) is 10.1 Å². The molecule has 0 radical (unpaired) electrons. The van der Waals surface area contributed by atoms with Crippen molar-refractivity contribution in [1.29, 1.82) is 0 Å². The van der Waals surface area contributed by atoms with E-state index in [1.807, 2.05) is 0 Å². The molecule has 17 heavy (non-hydrogen) atoms. The topological polar surface area (TPSA) is 42.0 Å². The Bertz CT molecular complexity index is 555. The molecule has 1 N–H and O–H groups in total. The summed E-state index contributed by atoms with van der Waals surface area (Å²) in [4.78, 5) is 15.7. The molecule has 0 aliphatic carbocycles. The molecule has 0 aliphatic heterocycles. The Morgan fingerprint density at radius 3 is 2.76 bits per heavy atom. The highest BCUT2D eigenvalue weighted by atomic mass is 19.1. The van der Waals surface area contributed by atoms with E-state index in [0.717, 1.165) is 5.56 Å². The third-order valence-corrected chi connectivity index (χ3v) is 2.41. The second-order valence-electron chi connectivity index (χ2n) is 3.62. The first-order valence-corrected chi connectivity index (χ1v) is 5.15. The van der Waals surface area contributed by atoms with E-state index < -0.39 is 5.82 Å². The maximum absolute atomic E-state index is 13.3. The van der Waals surface area contributed by atoms with Gasteiger partial charge in [-0.25, -0.2) is 4.39 Å². The lowest BCUT2D eigenvalue weighted by Gasteiger charge is -2.07. The van der Waals surface area contributed by atoms with Crippen LogP contribution in [0.15, 0.2) is 42.7 Å². The highest BCUT2D eigenvalue weighted by molar-refractivity contribution is 6.05. The van der Waals surface area contributed by atoms with Gasteiger partial charge in [0.1, 0.15) is 5.82 Å². The normalized spacial score (nSPS) is 10.0. The minimum atomic E-state index is -0.456. The number of halogens is 1. The number of aromatic nitrogens is 1. The maximum atomic E-state index is 13.3. The van der Waals surface area contributed by atoms with Gasteiger partial charge >= 0.3 is 0 Å². The van der Waals surface area contributed by atoms with Crippen molar-refractivity contribution < 1.29 is 9.18 Å². The van der Waals surface area contributed by atoms with Crippen molar-refractivity contribution in [1.82, 2.24) is 4.98 Å². The van der Waals surface area contributed by atoms with Gasteiger partial charge in [-0.15, -0.1) is 0 Å². The molecule has 0 spiro atoms. The number of aryl methyl sites for hydroxylation is 1. The zero-order valence-electron chi connectivity index (χ0n) is 9.27. The Morgan fingerprint density at radius 2 is 2.06 bits per heavy atom. The summed E-state index contributed by atoms with van der Waals surface area (Å²) < 4.78 is 13.3. The zero-order valence-corrected chi connectivity index (χ0v) is 9.27. The summed E-state index contributed by atoms with van der Waals surface area (Å²) in [7, 11) is 0. The van der Waals surface area contributed by atoms with E-state index in [1.165, 1.54) is 18.3 Å². The number of nitrogens with zero attached hydrogens (tertiary/aromatic N) is 1. The molecule has 2 aromatic rings. The van der Waals surface area contributed by atoms with E-state index in [1.54, 1.807) is 31.3 Å². The van der Waals surface area contributed by atoms with Crippen molar-refractivity contribution in [3.05, 3.63) is 59.7 Å². The van der Waals surface area contributed by atoms with Crippen LogP contribution < -0.4 is 5.32 Å². The van der Waals surface area contributed by atoms with E-state index in [2.05, 4.69) is 10.3 Å². The van der Waals surface area contributed by atoms with Crippen LogP contribution in [0, 0.1) is 12.7 Å². The van der Waals surface area contributed by atoms with Crippen LogP contribution in [0.5, 0.6) is 0 Å². The number of benzene rings is 1. The van der Waals surface area contributed by atoms with Gasteiger partial charge in [0.15, 0.2) is 0 Å². The van der Waals surface area contributed by atoms with Gasteiger partial charge in [0.2, 0.25) is 0 Å². The molecule has 3 nitrogen and oxygen atoms in total. The van der Waals surface area contributed by atoms with Crippen LogP contribution in [0.1, 0.15) is 15.9 Å². The Labute approximate surface area is 98.3 Å². The molecule has 4 heteroatoms. The summed E-state index contributed by atoms with van der Waals surface area (Å²) in [6, 6.07) is 7.77. The second-order valence-corrected chi connectivity index (χ2v) is 3.62. The molecule has 0 aliphatic rings. The van der Waals surface area contributed by atoms with Gasteiger partial charge in [0.25, 0.3) is 5.91 Å². The third-order valence-electron chi connectivity index (χ3n) is 2.41. The van der Waals surface area contributed by atoms with Gasteiger partial charge in [-0.2, -0.15) is 0 Å². The van der Waals surface area contributed by atoms with Crippen molar-refractivity contribution in [3.8, 4) is 0 Å². The first-order chi connectivity index (χ1) is 8.18. The molecule has 0 bridgehead atoms. The fourth-order valence-electron chi connectivity index (χ4n) is 1.45. The number of pyridine rings is 1. The summed E-state index contributed by atoms with van der Waals surface area (Å²) in [5, 5.41) is 2.51. The van der Waals surface area contributed by atoms with Crippen LogP contribution in [0.2, 0.25) is 0 Å². The Kier molecular flexibility index (Phi) is 3.14. The summed E-state index contributed by atoms with van der Waals surface area (Å²) in [6.45, 7) is 1.80. The van der Waals surface area contributed by atoms with E-state index in [-0.39, 0.29) is 11.6 Å². The summed E-state index contributed by atoms with van der Waals surface area (Å²) in [5.74, 6) is -0.817. The molecule has 0 saturated heterocycles. The van der Waals surface area contributed by atoms with Crippen LogP contribution in [0.25, 0.3) is 0 Å². The smallest absolute Gasteiger partial charge is 0.257 e. The summed E-state index contributed by atoms with van der Waals surface area (Å²) in [6.07, 6.45) is 3.07. The van der Waals surface area contributed by atoms with Crippen molar-refractivity contribution in [2.24, 2.45) is 0 Å². The molecular formula is C13H11FN2O. The minimum Gasteiger partial charge on any atom is -0.319 e. The quantitative estimate of drug-likeness (QED) is 0.861. The van der Waals surface area contributed by atoms with E-state index >= 15 is 0 Å². The first kappa shape index (κ1) is 11.3. The zero-order chi connectivity index (χ0) is 12.3. The standard InChI is InChI=1S/C13H11FN2O/c1-9-6-7-15-8-10(9)13(17)16-12-5-3-2-4-11(12)14/h2-8H,1H3,(H,16,17). The number of amides is 1. The molecule has 0 fully saturated rings. The van der Waals surface area contributed by atoms with E-state index in [0.29, 0.717) is 5.56 Å². The number of carbonyl (C=O) groups is 1. The van der Waals surface area contributed by atoms with Gasteiger partial charge in [-0.1, -0.05) is 12.1 Å². The van der Waals surface area contributed by atoms with Gasteiger partial charge in [0.05, 0.1) is 11.3 Å². The number of nitrogens with one attached hydrogen (secondary N) is 1. The number of hydrogen-bond donors (Lipinski definition) is 1. The van der Waals surface area contributed by atoms with E-state index in [4.69, 9.17) is 0 Å². The molecule has 0 atom stereocenters.